The first-order valence-corrected chi connectivity index (χ1v) is 7.64. The maximum Gasteiger partial charge on any atom is 0.310 e. The molecule has 0 amide bonds. The molecule has 1 aliphatic rings. The summed E-state index contributed by atoms with van der Waals surface area (Å²) in [7, 11) is -3.65. The number of carboxylic acid groups (broad SMARTS) is 1. The highest BCUT2D eigenvalue weighted by Crippen LogP contribution is 2.40. The Morgan fingerprint density at radius 2 is 2.00 bits per heavy atom. The number of carboxylic acids is 1. The maximum absolute atomic E-state index is 12.2. The smallest absolute Gasteiger partial charge is 0.310 e. The monoisotopic (exact) mass is 283 g/mol. The molecule has 5 nitrogen and oxygen atoms in total. The fourth-order valence-electron chi connectivity index (χ4n) is 2.24. The lowest BCUT2D eigenvalue weighted by atomic mass is 9.69. The lowest BCUT2D eigenvalue weighted by Crippen LogP contribution is -2.47. The van der Waals surface area contributed by atoms with Gasteiger partial charge in [0, 0.05) is 6.54 Å². The predicted molar refractivity (Wildman–Crippen MR) is 70.3 cm³/mol. The second-order valence-electron chi connectivity index (χ2n) is 5.03. The fraction of sp³-hybridized carbons (Fsp3) is 0.462. The molecule has 0 aromatic heterocycles. The van der Waals surface area contributed by atoms with Gasteiger partial charge in [-0.1, -0.05) is 24.6 Å². The summed E-state index contributed by atoms with van der Waals surface area (Å²) in [6.45, 7) is 1.67. The molecule has 2 rings (SSSR count). The van der Waals surface area contributed by atoms with Gasteiger partial charge in [-0.25, -0.2) is 13.1 Å². The summed E-state index contributed by atoms with van der Waals surface area (Å²) in [5.41, 5.74) is -0.275. The van der Waals surface area contributed by atoms with E-state index in [0.29, 0.717) is 18.4 Å². The average Bonchev–Trinajstić information content (AvgIpc) is 2.27. The van der Waals surface area contributed by atoms with Crippen molar-refractivity contribution in [2.75, 3.05) is 6.54 Å². The Morgan fingerprint density at radius 3 is 2.47 bits per heavy atom. The zero-order valence-electron chi connectivity index (χ0n) is 10.7. The van der Waals surface area contributed by atoms with Crippen LogP contribution in [0.15, 0.2) is 29.2 Å². The fourth-order valence-corrected chi connectivity index (χ4v) is 3.61. The largest absolute Gasteiger partial charge is 0.481 e. The zero-order chi connectivity index (χ0) is 14.1. The molecule has 0 saturated heterocycles. The van der Waals surface area contributed by atoms with E-state index in [1.807, 2.05) is 0 Å². The van der Waals surface area contributed by atoms with Crippen LogP contribution in [0, 0.1) is 12.3 Å². The maximum atomic E-state index is 12.2. The molecule has 104 valence electrons. The van der Waals surface area contributed by atoms with Crippen LogP contribution in [0.2, 0.25) is 0 Å². The van der Waals surface area contributed by atoms with Gasteiger partial charge in [-0.15, -0.1) is 0 Å². The van der Waals surface area contributed by atoms with E-state index < -0.39 is 21.4 Å². The number of sulfonamides is 1. The van der Waals surface area contributed by atoms with Crippen LogP contribution in [0.4, 0.5) is 0 Å². The van der Waals surface area contributed by atoms with Crippen molar-refractivity contribution in [1.82, 2.24) is 4.72 Å². The summed E-state index contributed by atoms with van der Waals surface area (Å²) in [4.78, 5) is 11.4. The van der Waals surface area contributed by atoms with Crippen molar-refractivity contribution in [3.05, 3.63) is 29.8 Å². The molecule has 1 aromatic carbocycles. The average molecular weight is 283 g/mol. The number of benzene rings is 1. The quantitative estimate of drug-likeness (QED) is 0.858. The molecule has 2 N–H and O–H groups in total. The topological polar surface area (TPSA) is 83.5 Å². The van der Waals surface area contributed by atoms with Crippen molar-refractivity contribution in [3.8, 4) is 0 Å². The van der Waals surface area contributed by atoms with E-state index in [1.165, 1.54) is 6.07 Å². The number of carbonyl (C=O) groups is 1. The third-order valence-corrected chi connectivity index (χ3v) is 5.31. The van der Waals surface area contributed by atoms with Crippen LogP contribution in [0.1, 0.15) is 24.8 Å². The molecule has 1 aliphatic carbocycles. The van der Waals surface area contributed by atoms with Crippen LogP contribution in [0.25, 0.3) is 0 Å². The number of hydrogen-bond acceptors (Lipinski definition) is 3. The van der Waals surface area contributed by atoms with Gasteiger partial charge in [0.1, 0.15) is 0 Å². The number of hydrogen-bond donors (Lipinski definition) is 2. The highest BCUT2D eigenvalue weighted by molar-refractivity contribution is 7.89. The van der Waals surface area contributed by atoms with Crippen molar-refractivity contribution in [2.45, 2.75) is 31.1 Å². The van der Waals surface area contributed by atoms with E-state index in [2.05, 4.69) is 4.72 Å². The Kier molecular flexibility index (Phi) is 3.64. The third-order valence-electron chi connectivity index (χ3n) is 3.75. The Bertz CT molecular complexity index is 590. The van der Waals surface area contributed by atoms with Gasteiger partial charge < -0.3 is 5.11 Å². The van der Waals surface area contributed by atoms with Crippen LogP contribution in [0.5, 0.6) is 0 Å². The number of nitrogens with one attached hydrogen (secondary N) is 1. The van der Waals surface area contributed by atoms with E-state index in [1.54, 1.807) is 25.1 Å². The van der Waals surface area contributed by atoms with Crippen LogP contribution in [0.3, 0.4) is 0 Å². The highest BCUT2D eigenvalue weighted by atomic mass is 32.2. The summed E-state index contributed by atoms with van der Waals surface area (Å²) in [5.74, 6) is -0.925. The third kappa shape index (κ3) is 2.64. The molecule has 0 unspecified atom stereocenters. The summed E-state index contributed by atoms with van der Waals surface area (Å²) >= 11 is 0. The van der Waals surface area contributed by atoms with E-state index in [4.69, 9.17) is 0 Å². The molecule has 0 bridgehead atoms. The van der Waals surface area contributed by atoms with Gasteiger partial charge in [0.15, 0.2) is 0 Å². The molecular formula is C13H17NO4S. The van der Waals surface area contributed by atoms with Crippen LogP contribution in [-0.4, -0.2) is 26.0 Å². The second-order valence-corrected chi connectivity index (χ2v) is 6.76. The summed E-state index contributed by atoms with van der Waals surface area (Å²) in [6.07, 6.45) is 1.88. The first-order valence-electron chi connectivity index (χ1n) is 6.16. The summed E-state index contributed by atoms with van der Waals surface area (Å²) < 4.78 is 26.7. The van der Waals surface area contributed by atoms with Gasteiger partial charge in [-0.05, 0) is 31.4 Å². The Labute approximate surface area is 112 Å². The minimum Gasteiger partial charge on any atom is -0.481 e. The number of aryl methyl sites for hydroxylation is 1. The molecule has 19 heavy (non-hydrogen) atoms. The van der Waals surface area contributed by atoms with Gasteiger partial charge in [0.2, 0.25) is 10.0 Å². The van der Waals surface area contributed by atoms with Crippen LogP contribution in [-0.2, 0) is 14.8 Å². The second kappa shape index (κ2) is 4.94. The zero-order valence-corrected chi connectivity index (χ0v) is 11.5. The Morgan fingerprint density at radius 1 is 1.37 bits per heavy atom. The predicted octanol–water partition coefficient (Wildman–Crippen LogP) is 1.53. The normalized spacial score (nSPS) is 17.7. The molecule has 0 spiro atoms. The van der Waals surface area contributed by atoms with E-state index in [-0.39, 0.29) is 11.4 Å². The molecule has 0 aliphatic heterocycles. The minimum absolute atomic E-state index is 0.0427. The van der Waals surface area contributed by atoms with Crippen molar-refractivity contribution in [2.24, 2.45) is 5.41 Å². The van der Waals surface area contributed by atoms with E-state index >= 15 is 0 Å². The molecule has 6 heteroatoms. The SMILES string of the molecule is Cc1ccccc1S(=O)(=O)NCC1(C(=O)O)CCC1. The molecule has 0 radical (unpaired) electrons. The standard InChI is InChI=1S/C13H17NO4S/c1-10-5-2-3-6-11(10)19(17,18)14-9-13(12(15)16)7-4-8-13/h2-3,5-6,14H,4,7-9H2,1H3,(H,15,16). The first kappa shape index (κ1) is 14.0. The number of aliphatic carboxylic acids is 1. The molecule has 1 aromatic rings. The molecule has 0 heterocycles. The summed E-state index contributed by atoms with van der Waals surface area (Å²) in [6, 6.07) is 6.65. The molecule has 1 saturated carbocycles. The minimum atomic E-state index is -3.65. The van der Waals surface area contributed by atoms with Crippen molar-refractivity contribution < 1.29 is 18.3 Å². The Balaban J connectivity index is 2.15. The lowest BCUT2D eigenvalue weighted by Gasteiger charge is -2.37. The van der Waals surface area contributed by atoms with Gasteiger partial charge in [0.05, 0.1) is 10.3 Å². The first-order chi connectivity index (χ1) is 8.87. The summed E-state index contributed by atoms with van der Waals surface area (Å²) in [5, 5.41) is 9.17. The van der Waals surface area contributed by atoms with Crippen molar-refractivity contribution in [3.63, 3.8) is 0 Å². The van der Waals surface area contributed by atoms with Crippen LogP contribution < -0.4 is 4.72 Å². The molecular weight excluding hydrogens is 266 g/mol. The lowest BCUT2D eigenvalue weighted by molar-refractivity contribution is -0.153. The van der Waals surface area contributed by atoms with Crippen molar-refractivity contribution >= 4 is 16.0 Å². The van der Waals surface area contributed by atoms with E-state index in [9.17, 15) is 18.3 Å². The molecule has 0 atom stereocenters. The highest BCUT2D eigenvalue weighted by Gasteiger charge is 2.45. The molecule has 1 fully saturated rings. The number of rotatable bonds is 5. The van der Waals surface area contributed by atoms with E-state index in [0.717, 1.165) is 6.42 Å². The van der Waals surface area contributed by atoms with Gasteiger partial charge in [0.25, 0.3) is 0 Å². The van der Waals surface area contributed by atoms with Gasteiger partial charge >= 0.3 is 5.97 Å². The van der Waals surface area contributed by atoms with Crippen molar-refractivity contribution in [1.29, 1.82) is 0 Å². The van der Waals surface area contributed by atoms with Gasteiger partial charge in [-0.2, -0.15) is 0 Å². The van der Waals surface area contributed by atoms with Gasteiger partial charge in [-0.3, -0.25) is 4.79 Å². The Hall–Kier alpha value is -1.40. The van der Waals surface area contributed by atoms with Crippen LogP contribution >= 0.6 is 0 Å².